The molecule has 1 aliphatic heterocycles. The minimum absolute atomic E-state index is 0.357. The summed E-state index contributed by atoms with van der Waals surface area (Å²) in [5.74, 6) is 1.14. The number of benzene rings is 1. The topological polar surface area (TPSA) is 32.3 Å². The fourth-order valence-electron chi connectivity index (χ4n) is 2.32. The molecule has 1 heterocycles. The lowest BCUT2D eigenvalue weighted by atomic mass is 9.97. The first-order chi connectivity index (χ1) is 7.29. The molecule has 0 spiro atoms. The van der Waals surface area contributed by atoms with Crippen LogP contribution in [0.1, 0.15) is 31.7 Å². The summed E-state index contributed by atoms with van der Waals surface area (Å²) < 4.78 is 0. The molecule has 0 saturated carbocycles. The molecule has 82 valence electrons. The van der Waals surface area contributed by atoms with Crippen molar-refractivity contribution < 1.29 is 5.11 Å². The molecule has 1 unspecified atom stereocenters. The van der Waals surface area contributed by atoms with Gasteiger partial charge in [-0.25, -0.2) is 0 Å². The number of aromatic hydroxyl groups is 1. The van der Waals surface area contributed by atoms with Crippen LogP contribution in [0.3, 0.4) is 0 Å². The van der Waals surface area contributed by atoms with Crippen LogP contribution in [0, 0.1) is 5.92 Å². The van der Waals surface area contributed by atoms with Crippen molar-refractivity contribution in [3.8, 4) is 5.75 Å². The minimum Gasteiger partial charge on any atom is -0.508 e. The normalized spacial score (nSPS) is 20.2. The largest absolute Gasteiger partial charge is 0.508 e. The molecule has 0 saturated heterocycles. The Morgan fingerprint density at radius 2 is 2.33 bits per heavy atom. The van der Waals surface area contributed by atoms with Crippen molar-refractivity contribution in [1.82, 2.24) is 0 Å². The highest BCUT2D eigenvalue weighted by atomic mass is 16.3. The highest BCUT2D eigenvalue weighted by Gasteiger charge is 2.14. The summed E-state index contributed by atoms with van der Waals surface area (Å²) in [6.45, 7) is 3.29. The SMILES string of the molecule is CCCC1CCc2ccc(O)cc2NC1. The average molecular weight is 205 g/mol. The summed E-state index contributed by atoms with van der Waals surface area (Å²) in [4.78, 5) is 0. The van der Waals surface area contributed by atoms with Crippen LogP contribution in [0.2, 0.25) is 0 Å². The van der Waals surface area contributed by atoms with Crippen LogP contribution in [0.25, 0.3) is 0 Å². The van der Waals surface area contributed by atoms with Gasteiger partial charge in [-0.15, -0.1) is 0 Å². The molecule has 0 fully saturated rings. The quantitative estimate of drug-likeness (QED) is 0.777. The second kappa shape index (κ2) is 4.56. The summed E-state index contributed by atoms with van der Waals surface area (Å²) in [7, 11) is 0. The van der Waals surface area contributed by atoms with Crippen molar-refractivity contribution in [3.05, 3.63) is 23.8 Å². The number of aryl methyl sites for hydroxylation is 1. The molecule has 0 aromatic heterocycles. The second-order valence-electron chi connectivity index (χ2n) is 4.42. The monoisotopic (exact) mass is 205 g/mol. The molecular weight excluding hydrogens is 186 g/mol. The number of phenolic OH excluding ortho intramolecular Hbond substituents is 1. The Morgan fingerprint density at radius 3 is 3.13 bits per heavy atom. The van der Waals surface area contributed by atoms with E-state index in [1.54, 1.807) is 6.07 Å². The van der Waals surface area contributed by atoms with E-state index in [0.29, 0.717) is 5.75 Å². The Bertz CT molecular complexity index is 335. The lowest BCUT2D eigenvalue weighted by Gasteiger charge is -2.12. The standard InChI is InChI=1S/C13H19NO/c1-2-3-10-4-5-11-6-7-12(15)8-13(11)14-9-10/h6-8,10,14-15H,2-5,9H2,1H3. The van der Waals surface area contributed by atoms with E-state index in [9.17, 15) is 5.11 Å². The Morgan fingerprint density at radius 1 is 1.47 bits per heavy atom. The van der Waals surface area contributed by atoms with E-state index in [1.807, 2.05) is 12.1 Å². The van der Waals surface area contributed by atoms with Crippen molar-refractivity contribution >= 4 is 5.69 Å². The third kappa shape index (κ3) is 2.44. The summed E-state index contributed by atoms with van der Waals surface area (Å²) >= 11 is 0. The minimum atomic E-state index is 0.357. The van der Waals surface area contributed by atoms with Gasteiger partial charge in [-0.3, -0.25) is 0 Å². The zero-order chi connectivity index (χ0) is 10.7. The Balaban J connectivity index is 2.11. The van der Waals surface area contributed by atoms with Gasteiger partial charge in [0.25, 0.3) is 0 Å². The molecule has 2 heteroatoms. The Labute approximate surface area is 91.3 Å². The molecule has 0 amide bonds. The van der Waals surface area contributed by atoms with E-state index in [0.717, 1.165) is 24.6 Å². The van der Waals surface area contributed by atoms with Crippen LogP contribution in [-0.2, 0) is 6.42 Å². The third-order valence-corrected chi connectivity index (χ3v) is 3.19. The molecule has 1 aromatic rings. The van der Waals surface area contributed by atoms with Gasteiger partial charge in [0.1, 0.15) is 5.75 Å². The zero-order valence-electron chi connectivity index (χ0n) is 9.29. The first-order valence-electron chi connectivity index (χ1n) is 5.85. The van der Waals surface area contributed by atoms with Gasteiger partial charge < -0.3 is 10.4 Å². The lowest BCUT2D eigenvalue weighted by molar-refractivity contribution is 0.474. The van der Waals surface area contributed by atoms with Crippen LogP contribution in [0.4, 0.5) is 5.69 Å². The number of nitrogens with one attached hydrogen (secondary N) is 1. The van der Waals surface area contributed by atoms with Gasteiger partial charge in [0.05, 0.1) is 0 Å². The molecule has 0 aliphatic carbocycles. The molecule has 2 rings (SSSR count). The van der Waals surface area contributed by atoms with E-state index in [2.05, 4.69) is 12.2 Å². The van der Waals surface area contributed by atoms with Crippen LogP contribution < -0.4 is 5.32 Å². The van der Waals surface area contributed by atoms with Gasteiger partial charge in [0, 0.05) is 18.3 Å². The summed E-state index contributed by atoms with van der Waals surface area (Å²) in [6.07, 6.45) is 4.95. The first-order valence-corrected chi connectivity index (χ1v) is 5.85. The summed E-state index contributed by atoms with van der Waals surface area (Å²) in [5, 5.41) is 12.9. The molecule has 1 atom stereocenters. The van der Waals surface area contributed by atoms with Crippen LogP contribution >= 0.6 is 0 Å². The van der Waals surface area contributed by atoms with E-state index in [-0.39, 0.29) is 0 Å². The predicted molar refractivity (Wildman–Crippen MR) is 63.3 cm³/mol. The predicted octanol–water partition coefficient (Wildman–Crippen LogP) is 3.17. The summed E-state index contributed by atoms with van der Waals surface area (Å²) in [6, 6.07) is 5.65. The van der Waals surface area contributed by atoms with Crippen molar-refractivity contribution in [2.24, 2.45) is 5.92 Å². The van der Waals surface area contributed by atoms with Crippen molar-refractivity contribution in [1.29, 1.82) is 0 Å². The number of hydrogen-bond acceptors (Lipinski definition) is 2. The van der Waals surface area contributed by atoms with Crippen LogP contribution in [0.5, 0.6) is 5.75 Å². The molecule has 0 bridgehead atoms. The highest BCUT2D eigenvalue weighted by Crippen LogP contribution is 2.28. The molecule has 15 heavy (non-hydrogen) atoms. The molecule has 1 aliphatic rings. The van der Waals surface area contributed by atoms with Gasteiger partial charge in [-0.1, -0.05) is 19.4 Å². The average Bonchev–Trinajstić information content (AvgIpc) is 2.42. The Kier molecular flexibility index (Phi) is 3.14. The molecule has 2 nitrogen and oxygen atoms in total. The van der Waals surface area contributed by atoms with Gasteiger partial charge in [-0.2, -0.15) is 0 Å². The number of phenols is 1. The maximum absolute atomic E-state index is 9.41. The van der Waals surface area contributed by atoms with E-state index in [1.165, 1.54) is 24.8 Å². The molecule has 1 aromatic carbocycles. The van der Waals surface area contributed by atoms with E-state index >= 15 is 0 Å². The van der Waals surface area contributed by atoms with Crippen LogP contribution in [-0.4, -0.2) is 11.7 Å². The smallest absolute Gasteiger partial charge is 0.117 e. The van der Waals surface area contributed by atoms with Crippen molar-refractivity contribution in [2.75, 3.05) is 11.9 Å². The fraction of sp³-hybridized carbons (Fsp3) is 0.538. The zero-order valence-corrected chi connectivity index (χ0v) is 9.29. The van der Waals surface area contributed by atoms with Crippen molar-refractivity contribution in [3.63, 3.8) is 0 Å². The van der Waals surface area contributed by atoms with E-state index < -0.39 is 0 Å². The fourth-order valence-corrected chi connectivity index (χ4v) is 2.32. The molecule has 0 radical (unpaired) electrons. The maximum atomic E-state index is 9.41. The molecule has 2 N–H and O–H groups in total. The van der Waals surface area contributed by atoms with E-state index in [4.69, 9.17) is 0 Å². The summed E-state index contributed by atoms with van der Waals surface area (Å²) in [5.41, 5.74) is 2.46. The number of rotatable bonds is 2. The van der Waals surface area contributed by atoms with Gasteiger partial charge in [-0.05, 0) is 36.8 Å². The first kappa shape index (κ1) is 10.3. The maximum Gasteiger partial charge on any atom is 0.117 e. The Hall–Kier alpha value is -1.18. The van der Waals surface area contributed by atoms with Gasteiger partial charge in [0.15, 0.2) is 0 Å². The number of anilines is 1. The van der Waals surface area contributed by atoms with Crippen molar-refractivity contribution in [2.45, 2.75) is 32.6 Å². The third-order valence-electron chi connectivity index (χ3n) is 3.19. The van der Waals surface area contributed by atoms with Crippen LogP contribution in [0.15, 0.2) is 18.2 Å². The molecular formula is C13H19NO. The number of fused-ring (bicyclic) bond motifs is 1. The number of hydrogen-bond donors (Lipinski definition) is 2. The second-order valence-corrected chi connectivity index (χ2v) is 4.42. The highest BCUT2D eigenvalue weighted by molar-refractivity contribution is 5.55. The van der Waals surface area contributed by atoms with Gasteiger partial charge >= 0.3 is 0 Å². The lowest BCUT2D eigenvalue weighted by Crippen LogP contribution is -2.11. The van der Waals surface area contributed by atoms with Gasteiger partial charge in [0.2, 0.25) is 0 Å².